The van der Waals surface area contributed by atoms with Crippen LogP contribution in [-0.4, -0.2) is 45.2 Å². The predicted octanol–water partition coefficient (Wildman–Crippen LogP) is 4.67. The SMILES string of the molecule is C[C@@H]1CC/C=C(/n2cnc(-c3cc(Cl)ccc3-n3cc(CF)nn3)cc2=O)c2cc(ccn2)-c2c(cnn2C)NC1=O. The van der Waals surface area contributed by atoms with Gasteiger partial charge in [-0.2, -0.15) is 5.10 Å². The normalized spacial score (nSPS) is 16.5. The molecular weight excluding hydrogens is 561 g/mol. The monoisotopic (exact) mass is 585 g/mol. The molecule has 1 atom stereocenters. The molecule has 5 aromatic rings. The highest BCUT2D eigenvalue weighted by Gasteiger charge is 2.21. The van der Waals surface area contributed by atoms with E-state index >= 15 is 0 Å². The molecule has 1 aromatic carbocycles. The van der Waals surface area contributed by atoms with Crippen molar-refractivity contribution in [2.75, 3.05) is 5.32 Å². The van der Waals surface area contributed by atoms with Crippen LogP contribution in [0.1, 0.15) is 31.2 Å². The lowest BCUT2D eigenvalue weighted by atomic mass is 10.0. The molecular formula is C29H25ClFN9O2. The van der Waals surface area contributed by atoms with Crippen LogP contribution in [0, 0.1) is 5.92 Å². The van der Waals surface area contributed by atoms with E-state index in [0.29, 0.717) is 51.9 Å². The fraction of sp³-hybridized carbons (Fsp3) is 0.207. The van der Waals surface area contributed by atoms with Crippen molar-refractivity contribution >= 4 is 28.9 Å². The van der Waals surface area contributed by atoms with Crippen LogP contribution in [0.25, 0.3) is 33.9 Å². The van der Waals surface area contributed by atoms with Gasteiger partial charge in [0.2, 0.25) is 5.91 Å². The Bertz CT molecular complexity index is 1910. The Morgan fingerprint density at radius 3 is 2.76 bits per heavy atom. The smallest absolute Gasteiger partial charge is 0.258 e. The van der Waals surface area contributed by atoms with E-state index in [1.54, 1.807) is 42.3 Å². The quantitative estimate of drug-likeness (QED) is 0.325. The molecule has 6 rings (SSSR count). The first kappa shape index (κ1) is 27.2. The van der Waals surface area contributed by atoms with Crippen LogP contribution >= 0.6 is 11.6 Å². The third kappa shape index (κ3) is 5.12. The number of carbonyl (C=O) groups excluding carboxylic acids is 1. The number of amides is 1. The summed E-state index contributed by atoms with van der Waals surface area (Å²) < 4.78 is 17.7. The van der Waals surface area contributed by atoms with Crippen LogP contribution in [0.4, 0.5) is 10.1 Å². The zero-order valence-corrected chi connectivity index (χ0v) is 23.5. The first-order chi connectivity index (χ1) is 20.3. The minimum absolute atomic E-state index is 0.111. The highest BCUT2D eigenvalue weighted by Crippen LogP contribution is 2.31. The molecule has 1 aliphatic heterocycles. The number of benzene rings is 1. The number of fused-ring (bicyclic) bond motifs is 4. The zero-order chi connectivity index (χ0) is 29.4. The maximum atomic E-state index is 13.7. The summed E-state index contributed by atoms with van der Waals surface area (Å²) in [6.45, 7) is 1.10. The Morgan fingerprint density at radius 2 is 1.98 bits per heavy atom. The summed E-state index contributed by atoms with van der Waals surface area (Å²) in [7, 11) is 1.80. The first-order valence-corrected chi connectivity index (χ1v) is 13.6. The van der Waals surface area contributed by atoms with Crippen molar-refractivity contribution in [1.82, 2.24) is 39.3 Å². The lowest BCUT2D eigenvalue weighted by Crippen LogP contribution is -2.22. The predicted molar refractivity (Wildman–Crippen MR) is 156 cm³/mol. The van der Waals surface area contributed by atoms with E-state index in [4.69, 9.17) is 11.6 Å². The standard InChI is InChI=1S/C29H25ClFN9O2/c1-17-4-3-5-26(23-10-18(8-9-32-23)28-24(35-29(17)42)14-34-38(28)2)39-16-33-22(12-27(39)41)21-11-19(30)6-7-25(21)40-15-20(13-31)36-37-40/h5-12,14-17H,3-4,13H2,1-2H3,(H,35,42)/b26-5+/t17-/m1/s1. The molecule has 4 aromatic heterocycles. The number of carbonyl (C=O) groups is 1. The van der Waals surface area contributed by atoms with Crippen molar-refractivity contribution in [3.63, 3.8) is 0 Å². The second-order valence-electron chi connectivity index (χ2n) is 9.95. The Labute approximate surface area is 244 Å². The summed E-state index contributed by atoms with van der Waals surface area (Å²) in [6, 6.07) is 10.1. The molecule has 0 aliphatic carbocycles. The van der Waals surface area contributed by atoms with E-state index in [-0.39, 0.29) is 23.1 Å². The lowest BCUT2D eigenvalue weighted by Gasteiger charge is -2.16. The van der Waals surface area contributed by atoms with E-state index in [0.717, 1.165) is 11.3 Å². The summed E-state index contributed by atoms with van der Waals surface area (Å²) in [5, 5.41) is 15.6. The average Bonchev–Trinajstić information content (AvgIpc) is 3.61. The summed E-state index contributed by atoms with van der Waals surface area (Å²) in [6.07, 6.45) is 9.15. The molecule has 0 fully saturated rings. The van der Waals surface area contributed by atoms with E-state index in [2.05, 4.69) is 30.7 Å². The number of nitrogens with zero attached hydrogens (tertiary/aromatic N) is 8. The van der Waals surface area contributed by atoms with Crippen LogP contribution in [0.15, 0.2) is 72.2 Å². The van der Waals surface area contributed by atoms with Gasteiger partial charge in [0.15, 0.2) is 0 Å². The maximum absolute atomic E-state index is 13.7. The van der Waals surface area contributed by atoms with Gasteiger partial charge in [-0.05, 0) is 43.2 Å². The van der Waals surface area contributed by atoms with Gasteiger partial charge in [-0.15, -0.1) is 5.10 Å². The molecule has 1 amide bonds. The van der Waals surface area contributed by atoms with Gasteiger partial charge in [-0.1, -0.05) is 29.8 Å². The number of halogens is 2. The third-order valence-electron chi connectivity index (χ3n) is 7.11. The van der Waals surface area contributed by atoms with Crippen LogP contribution < -0.4 is 10.9 Å². The summed E-state index contributed by atoms with van der Waals surface area (Å²) in [5.41, 5.74) is 4.42. The Balaban J connectivity index is 1.46. The number of nitrogens with one attached hydrogen (secondary N) is 1. The third-order valence-corrected chi connectivity index (χ3v) is 7.34. The van der Waals surface area contributed by atoms with Gasteiger partial charge in [0.05, 0.1) is 46.5 Å². The van der Waals surface area contributed by atoms with E-state index in [9.17, 15) is 14.0 Å². The van der Waals surface area contributed by atoms with E-state index in [1.807, 2.05) is 25.1 Å². The minimum atomic E-state index is -0.757. The Morgan fingerprint density at radius 1 is 1.12 bits per heavy atom. The molecule has 0 spiro atoms. The first-order valence-electron chi connectivity index (χ1n) is 13.2. The molecule has 0 radical (unpaired) electrons. The highest BCUT2D eigenvalue weighted by molar-refractivity contribution is 6.31. The maximum Gasteiger partial charge on any atom is 0.258 e. The van der Waals surface area contributed by atoms with Crippen molar-refractivity contribution in [2.45, 2.75) is 26.4 Å². The minimum Gasteiger partial charge on any atom is -0.323 e. The van der Waals surface area contributed by atoms with Gasteiger partial charge in [0.1, 0.15) is 18.7 Å². The second kappa shape index (κ2) is 11.1. The van der Waals surface area contributed by atoms with Crippen LogP contribution in [0.2, 0.25) is 5.02 Å². The number of anilines is 1. The molecule has 1 N–H and O–H groups in total. The summed E-state index contributed by atoms with van der Waals surface area (Å²) in [4.78, 5) is 35.7. The van der Waals surface area contributed by atoms with Crippen molar-refractivity contribution in [2.24, 2.45) is 13.0 Å². The topological polar surface area (TPSA) is 125 Å². The fourth-order valence-corrected chi connectivity index (χ4v) is 5.06. The fourth-order valence-electron chi connectivity index (χ4n) is 4.89. The number of hydrogen-bond acceptors (Lipinski definition) is 7. The molecule has 0 saturated carbocycles. The van der Waals surface area contributed by atoms with Gasteiger partial charge < -0.3 is 5.32 Å². The molecule has 0 saturated heterocycles. The molecule has 0 unspecified atom stereocenters. The number of hydrogen-bond donors (Lipinski definition) is 1. The Hall–Kier alpha value is -4.97. The van der Waals surface area contributed by atoms with E-state index < -0.39 is 6.67 Å². The van der Waals surface area contributed by atoms with Crippen LogP contribution in [0.3, 0.4) is 0 Å². The van der Waals surface area contributed by atoms with Crippen LogP contribution in [0.5, 0.6) is 0 Å². The second-order valence-corrected chi connectivity index (χ2v) is 10.4. The number of allylic oxidation sites excluding steroid dienone is 1. The van der Waals surface area contributed by atoms with Crippen molar-refractivity contribution in [3.05, 3.63) is 94.2 Å². The Kier molecular flexibility index (Phi) is 7.21. The zero-order valence-electron chi connectivity index (χ0n) is 22.7. The molecule has 42 heavy (non-hydrogen) atoms. The number of alkyl halides is 1. The number of aryl methyl sites for hydroxylation is 1. The van der Waals surface area contributed by atoms with Crippen molar-refractivity contribution < 1.29 is 9.18 Å². The number of pyridine rings is 1. The van der Waals surface area contributed by atoms with Gasteiger partial charge >= 0.3 is 0 Å². The highest BCUT2D eigenvalue weighted by atomic mass is 35.5. The van der Waals surface area contributed by atoms with Crippen molar-refractivity contribution in [1.29, 1.82) is 0 Å². The summed E-state index contributed by atoms with van der Waals surface area (Å²) in [5.74, 6) is -0.393. The molecule has 13 heteroatoms. The molecule has 1 aliphatic rings. The largest absolute Gasteiger partial charge is 0.323 e. The summed E-state index contributed by atoms with van der Waals surface area (Å²) >= 11 is 6.30. The van der Waals surface area contributed by atoms with Gasteiger partial charge in [-0.25, -0.2) is 14.1 Å². The molecule has 2 bridgehead atoms. The van der Waals surface area contributed by atoms with Crippen LogP contribution in [-0.2, 0) is 18.5 Å². The molecule has 11 nitrogen and oxygen atoms in total. The van der Waals surface area contributed by atoms with Gasteiger partial charge in [0.25, 0.3) is 5.56 Å². The van der Waals surface area contributed by atoms with E-state index in [1.165, 1.54) is 27.8 Å². The van der Waals surface area contributed by atoms with Gasteiger partial charge in [0, 0.05) is 41.4 Å². The lowest BCUT2D eigenvalue weighted by molar-refractivity contribution is -0.119. The molecule has 5 heterocycles. The number of aromatic nitrogens is 8. The molecule has 212 valence electrons. The van der Waals surface area contributed by atoms with Gasteiger partial charge in [-0.3, -0.25) is 23.8 Å². The average molecular weight is 586 g/mol. The van der Waals surface area contributed by atoms with Crippen molar-refractivity contribution in [3.8, 4) is 28.2 Å². The number of rotatable bonds is 4.